The van der Waals surface area contributed by atoms with E-state index in [1.807, 2.05) is 34.6 Å². The van der Waals surface area contributed by atoms with Gasteiger partial charge in [0.2, 0.25) is 0 Å². The van der Waals surface area contributed by atoms with E-state index in [-0.39, 0.29) is 13.0 Å². The van der Waals surface area contributed by atoms with Crippen LogP contribution in [0.1, 0.15) is 85.5 Å². The molecule has 3 N–H and O–H groups in total. The second-order valence-electron chi connectivity index (χ2n) is 15.1. The Balaban J connectivity index is 1.83. The molecule has 3 fully saturated rings. The van der Waals surface area contributed by atoms with Gasteiger partial charge in [0.25, 0.3) is 0 Å². The summed E-state index contributed by atoms with van der Waals surface area (Å²) in [6.45, 7) is 17.3. The number of fused-ring (bicyclic) bond motifs is 5. The normalized spacial score (nSPS) is 40.0. The smallest absolute Gasteiger partial charge is 0.338 e. The summed E-state index contributed by atoms with van der Waals surface area (Å²) in [6.07, 6.45) is -4.33. The predicted molar refractivity (Wildman–Crippen MR) is 175 cm³/mol. The number of benzene rings is 1. The molecular formula is C36H54O9Si. The zero-order valence-corrected chi connectivity index (χ0v) is 30.0. The van der Waals surface area contributed by atoms with Crippen LogP contribution in [0.3, 0.4) is 0 Å². The Hall–Kier alpha value is -2.08. The number of aliphatic hydroxyl groups excluding tert-OH is 2. The molecule has 10 heteroatoms. The van der Waals surface area contributed by atoms with Gasteiger partial charge < -0.3 is 34.0 Å². The van der Waals surface area contributed by atoms with Crippen molar-refractivity contribution in [1.82, 2.24) is 0 Å². The zero-order chi connectivity index (χ0) is 34.0. The molecule has 0 aromatic heterocycles. The average molecular weight is 659 g/mol. The third-order valence-electron chi connectivity index (χ3n) is 12.8. The van der Waals surface area contributed by atoms with Crippen LogP contribution in [0.15, 0.2) is 41.5 Å². The van der Waals surface area contributed by atoms with Crippen LogP contribution >= 0.6 is 0 Å². The maximum Gasteiger partial charge on any atom is 0.338 e. The first kappa shape index (κ1) is 35.2. The van der Waals surface area contributed by atoms with E-state index in [2.05, 4.69) is 20.8 Å². The van der Waals surface area contributed by atoms with Gasteiger partial charge in [0, 0.05) is 36.5 Å². The Kier molecular flexibility index (Phi) is 9.27. The van der Waals surface area contributed by atoms with Crippen molar-refractivity contribution in [2.75, 3.05) is 6.61 Å². The van der Waals surface area contributed by atoms with E-state index in [9.17, 15) is 24.9 Å². The Morgan fingerprint density at radius 2 is 1.65 bits per heavy atom. The molecular weight excluding hydrogens is 604 g/mol. The average Bonchev–Trinajstić information content (AvgIpc) is 3.01. The lowest BCUT2D eigenvalue weighted by Gasteiger charge is -2.70. The molecule has 1 aliphatic heterocycles. The summed E-state index contributed by atoms with van der Waals surface area (Å²) < 4.78 is 26.3. The molecule has 2 bridgehead atoms. The summed E-state index contributed by atoms with van der Waals surface area (Å²) in [5.41, 5.74) is -3.64. The van der Waals surface area contributed by atoms with Crippen LogP contribution in [0.25, 0.3) is 0 Å². The van der Waals surface area contributed by atoms with Crippen molar-refractivity contribution < 1.29 is 43.5 Å². The molecule has 46 heavy (non-hydrogen) atoms. The largest absolute Gasteiger partial charge is 0.455 e. The van der Waals surface area contributed by atoms with E-state index in [1.54, 1.807) is 30.3 Å². The van der Waals surface area contributed by atoms with Crippen LogP contribution in [0.2, 0.25) is 18.1 Å². The number of esters is 2. The first-order valence-electron chi connectivity index (χ1n) is 17.0. The fourth-order valence-corrected chi connectivity index (χ4v) is 12.8. The number of hydrogen-bond donors (Lipinski definition) is 3. The van der Waals surface area contributed by atoms with Gasteiger partial charge in [-0.05, 0) is 42.8 Å². The van der Waals surface area contributed by atoms with Crippen LogP contribution in [-0.4, -0.2) is 83.9 Å². The topological polar surface area (TPSA) is 132 Å². The molecule has 1 aromatic rings. The molecule has 4 aliphatic rings. The summed E-state index contributed by atoms with van der Waals surface area (Å²) in [5, 5.41) is 37.5. The molecule has 0 amide bonds. The van der Waals surface area contributed by atoms with Gasteiger partial charge in [-0.1, -0.05) is 72.2 Å². The van der Waals surface area contributed by atoms with Crippen LogP contribution in [0, 0.1) is 22.7 Å². The molecule has 1 saturated heterocycles. The first-order valence-corrected chi connectivity index (χ1v) is 19.6. The van der Waals surface area contributed by atoms with E-state index >= 15 is 0 Å². The predicted octanol–water partition coefficient (Wildman–Crippen LogP) is 5.18. The monoisotopic (exact) mass is 658 g/mol. The minimum atomic E-state index is -2.30. The lowest BCUT2D eigenvalue weighted by molar-refractivity contribution is -0.361. The van der Waals surface area contributed by atoms with Gasteiger partial charge in [-0.25, -0.2) is 4.79 Å². The van der Waals surface area contributed by atoms with E-state index in [4.69, 9.17) is 18.6 Å². The summed E-state index contributed by atoms with van der Waals surface area (Å²) in [5.74, 6) is -2.65. The van der Waals surface area contributed by atoms with Crippen molar-refractivity contribution in [3.63, 3.8) is 0 Å². The van der Waals surface area contributed by atoms with Gasteiger partial charge in [-0.3, -0.25) is 4.79 Å². The molecule has 1 heterocycles. The molecule has 2 saturated carbocycles. The Bertz CT molecular complexity index is 1350. The second kappa shape index (κ2) is 12.1. The highest BCUT2D eigenvalue weighted by Crippen LogP contribution is 2.66. The van der Waals surface area contributed by atoms with Gasteiger partial charge in [0.05, 0.1) is 36.4 Å². The highest BCUT2D eigenvalue weighted by Gasteiger charge is 2.77. The van der Waals surface area contributed by atoms with E-state index in [1.165, 1.54) is 6.92 Å². The highest BCUT2D eigenvalue weighted by molar-refractivity contribution is 6.73. The minimum absolute atomic E-state index is 0.0173. The van der Waals surface area contributed by atoms with Gasteiger partial charge in [-0.15, -0.1) is 0 Å². The second-order valence-corrected chi connectivity index (χ2v) is 19.8. The van der Waals surface area contributed by atoms with E-state index in [0.29, 0.717) is 17.6 Å². The Morgan fingerprint density at radius 1 is 1.04 bits per heavy atom. The van der Waals surface area contributed by atoms with Crippen molar-refractivity contribution in [2.24, 2.45) is 22.7 Å². The summed E-state index contributed by atoms with van der Waals surface area (Å²) in [4.78, 5) is 27.0. The molecule has 10 atom stereocenters. The summed E-state index contributed by atoms with van der Waals surface area (Å²) in [6, 6.07) is 11.2. The van der Waals surface area contributed by atoms with Crippen LogP contribution in [-0.2, 0) is 23.4 Å². The van der Waals surface area contributed by atoms with Crippen LogP contribution < -0.4 is 0 Å². The van der Waals surface area contributed by atoms with Crippen molar-refractivity contribution in [3.8, 4) is 0 Å². The standard InChI is InChI=1S/C36H54O9Si/c1-10-46(11-2,12-3)45-26-18-27-35(20-42-27,44-23(6)37)29-31(43-32(40)24-16-14-13-15-17-24)36(41)19-25(38)21(4)28(33(36,7)8)22(5)30(39)34(26,29)9/h13-17,22,25-27,29-31,38-39,41H,10-12,18-20H2,1-9H3/t22-,25+,26+,27-,29?,30+,31+,34-,35+,36-/m1/s1. The maximum absolute atomic E-state index is 14.0. The molecule has 9 nitrogen and oxygen atoms in total. The van der Waals surface area contributed by atoms with Crippen LogP contribution in [0.5, 0.6) is 0 Å². The quantitative estimate of drug-likeness (QED) is 0.197. The van der Waals surface area contributed by atoms with Gasteiger partial charge in [0.1, 0.15) is 17.8 Å². The third kappa shape index (κ3) is 4.96. The van der Waals surface area contributed by atoms with Crippen LogP contribution in [0.4, 0.5) is 0 Å². The Morgan fingerprint density at radius 3 is 2.17 bits per heavy atom. The Labute approximate surface area is 274 Å². The van der Waals surface area contributed by atoms with E-state index < -0.39 is 84.6 Å². The minimum Gasteiger partial charge on any atom is -0.455 e. The SMILES string of the molecule is CC[Si](CC)(CC)O[C@H]1C[C@H]2OC[C@@]2(OC(C)=O)C2[C@H](OC(=O)c3ccccc3)[C@]3(O)C[C@H](O)C(C)=C([C@@H](C)[C@H](O)[C@@]21C)C3(C)C. The number of ether oxygens (including phenoxy) is 3. The first-order chi connectivity index (χ1) is 21.5. The molecule has 1 unspecified atom stereocenters. The summed E-state index contributed by atoms with van der Waals surface area (Å²) >= 11 is 0. The number of carbonyl (C=O) groups excluding carboxylic acids is 2. The molecule has 256 valence electrons. The fraction of sp³-hybridized carbons (Fsp3) is 0.722. The highest BCUT2D eigenvalue weighted by atomic mass is 28.4. The number of aliphatic hydroxyl groups is 3. The molecule has 3 aliphatic carbocycles. The molecule has 0 spiro atoms. The lowest BCUT2D eigenvalue weighted by atomic mass is 9.43. The number of carbonyl (C=O) groups is 2. The maximum atomic E-state index is 14.0. The third-order valence-corrected chi connectivity index (χ3v) is 17.5. The lowest BCUT2D eigenvalue weighted by Crippen LogP contribution is -2.82. The number of rotatable bonds is 8. The number of hydrogen-bond acceptors (Lipinski definition) is 9. The molecule has 0 radical (unpaired) electrons. The zero-order valence-electron chi connectivity index (χ0n) is 29.0. The molecule has 1 aromatic carbocycles. The van der Waals surface area contributed by atoms with Crippen molar-refractivity contribution >= 4 is 20.3 Å². The molecule has 5 rings (SSSR count). The van der Waals surface area contributed by atoms with Crippen molar-refractivity contribution in [1.29, 1.82) is 0 Å². The van der Waals surface area contributed by atoms with Gasteiger partial charge >= 0.3 is 11.9 Å². The summed E-state index contributed by atoms with van der Waals surface area (Å²) in [7, 11) is -2.30. The van der Waals surface area contributed by atoms with Gasteiger partial charge in [-0.2, -0.15) is 0 Å². The van der Waals surface area contributed by atoms with Crippen molar-refractivity contribution in [3.05, 3.63) is 47.0 Å². The van der Waals surface area contributed by atoms with Gasteiger partial charge in [0.15, 0.2) is 13.9 Å². The van der Waals surface area contributed by atoms with E-state index in [0.717, 1.165) is 23.7 Å². The fourth-order valence-electron chi connectivity index (χ4n) is 9.86. The van der Waals surface area contributed by atoms with Crippen molar-refractivity contribution in [2.45, 2.75) is 135 Å².